The first-order valence-corrected chi connectivity index (χ1v) is 6.38. The van der Waals surface area contributed by atoms with Crippen LogP contribution in [0, 0.1) is 5.92 Å². The Morgan fingerprint density at radius 3 is 1.91 bits per heavy atom. The predicted octanol–water partition coefficient (Wildman–Crippen LogP) is -0.240. The lowest BCUT2D eigenvalue weighted by Crippen LogP contribution is -2.51. The highest BCUT2D eigenvalue weighted by atomic mass is 16.6. The number of hydrogen-bond donors (Lipinski definition) is 1. The average Bonchev–Trinajstić information content (AvgIpc) is 2.38. The lowest BCUT2D eigenvalue weighted by atomic mass is 9.96. The van der Waals surface area contributed by atoms with Gasteiger partial charge in [-0.1, -0.05) is 0 Å². The highest BCUT2D eigenvalue weighted by Gasteiger charge is 2.43. The van der Waals surface area contributed by atoms with Crippen molar-refractivity contribution in [1.82, 2.24) is 0 Å². The summed E-state index contributed by atoms with van der Waals surface area (Å²) < 4.78 is 19.8. The van der Waals surface area contributed by atoms with E-state index in [2.05, 4.69) is 4.74 Å². The van der Waals surface area contributed by atoms with Crippen molar-refractivity contribution in [2.24, 2.45) is 5.92 Å². The summed E-state index contributed by atoms with van der Waals surface area (Å²) in [4.78, 5) is 42.6. The summed E-state index contributed by atoms with van der Waals surface area (Å²) in [5, 5.41) is 7.42. The van der Waals surface area contributed by atoms with Gasteiger partial charge in [0.15, 0.2) is 12.2 Å². The van der Waals surface area contributed by atoms with E-state index in [4.69, 9.17) is 24.1 Å². The van der Waals surface area contributed by atoms with Crippen molar-refractivity contribution >= 4 is 23.9 Å². The van der Waals surface area contributed by atoms with Gasteiger partial charge in [0.05, 0.1) is 20.3 Å². The zero-order chi connectivity index (χ0) is 17.3. The fourth-order valence-corrected chi connectivity index (χ4v) is 1.78. The van der Waals surface area contributed by atoms with E-state index in [0.717, 1.165) is 6.92 Å². The van der Waals surface area contributed by atoms with E-state index < -0.39 is 42.0 Å². The minimum absolute atomic E-state index is 0.0579. The van der Waals surface area contributed by atoms with Crippen LogP contribution in [0.25, 0.3) is 0 Å². The largest absolute Gasteiger partial charge is 0.481 e. The van der Waals surface area contributed by atoms with Crippen LogP contribution in [0.1, 0.15) is 20.8 Å². The summed E-state index contributed by atoms with van der Waals surface area (Å²) >= 11 is 0. The van der Waals surface area contributed by atoms with Gasteiger partial charge in [-0.25, -0.2) is 0 Å². The summed E-state index contributed by atoms with van der Waals surface area (Å²) in [5.41, 5.74) is 0. The molecule has 3 unspecified atom stereocenters. The molecule has 1 rings (SSSR count). The van der Waals surface area contributed by atoms with Crippen LogP contribution in [0.2, 0.25) is 0 Å². The molecule has 0 aliphatic carbocycles. The van der Waals surface area contributed by atoms with Crippen molar-refractivity contribution in [3.8, 4) is 0 Å². The van der Waals surface area contributed by atoms with Gasteiger partial charge in [0.25, 0.3) is 5.97 Å². The second-order valence-corrected chi connectivity index (χ2v) is 4.41. The van der Waals surface area contributed by atoms with Crippen LogP contribution in [0.5, 0.6) is 0 Å². The van der Waals surface area contributed by atoms with Gasteiger partial charge in [-0.3, -0.25) is 19.2 Å². The van der Waals surface area contributed by atoms with E-state index in [0.29, 0.717) is 0 Å². The van der Waals surface area contributed by atoms with E-state index >= 15 is 0 Å². The number of rotatable bonds is 3. The molecule has 9 nitrogen and oxygen atoms in total. The van der Waals surface area contributed by atoms with Gasteiger partial charge >= 0.3 is 17.9 Å². The highest BCUT2D eigenvalue weighted by Crippen LogP contribution is 2.22. The number of ether oxygens (including phenoxy) is 4. The first-order chi connectivity index (χ1) is 10.2. The molecule has 1 aliphatic heterocycles. The first kappa shape index (κ1) is 19.8. The molecule has 0 bridgehead atoms. The molecule has 0 aromatic rings. The number of carbonyl (C=O) groups is 4. The molecule has 0 spiro atoms. The van der Waals surface area contributed by atoms with Crippen LogP contribution in [0.15, 0.2) is 0 Å². The lowest BCUT2D eigenvalue weighted by molar-refractivity contribution is -0.196. The normalized spacial score (nSPS) is 23.4. The molecule has 0 radical (unpaired) electrons. The van der Waals surface area contributed by atoms with Crippen LogP contribution >= 0.6 is 0 Å². The second-order valence-electron chi connectivity index (χ2n) is 4.41. The number of carboxylic acid groups (broad SMARTS) is 1. The molecule has 3 atom stereocenters. The zero-order valence-corrected chi connectivity index (χ0v) is 12.9. The maximum atomic E-state index is 11.6. The first-order valence-electron chi connectivity index (χ1n) is 6.38. The standard InChI is InChI=1S/C11H16O7.C2H4O2/c1-6(12)17-9-5-16-4-8(11(14)15-3)10(9)18-7(2)13;1-2(3)4/h8-10H,4-5H2,1-3H3;1H3,(H,3,4). The molecule has 9 heteroatoms. The van der Waals surface area contributed by atoms with Gasteiger partial charge in [0.1, 0.15) is 5.92 Å². The lowest BCUT2D eigenvalue weighted by Gasteiger charge is -2.34. The molecule has 1 aliphatic rings. The Morgan fingerprint density at radius 1 is 1.00 bits per heavy atom. The van der Waals surface area contributed by atoms with Gasteiger partial charge in [-0.2, -0.15) is 0 Å². The zero-order valence-electron chi connectivity index (χ0n) is 12.9. The predicted molar refractivity (Wildman–Crippen MR) is 70.7 cm³/mol. The molecule has 1 N–H and O–H groups in total. The van der Waals surface area contributed by atoms with E-state index in [-0.39, 0.29) is 13.2 Å². The van der Waals surface area contributed by atoms with Gasteiger partial charge in [0, 0.05) is 20.8 Å². The average molecular weight is 320 g/mol. The van der Waals surface area contributed by atoms with Crippen LogP contribution in [0.4, 0.5) is 0 Å². The molecule has 1 saturated heterocycles. The summed E-state index contributed by atoms with van der Waals surface area (Å²) in [7, 11) is 1.22. The molecule has 126 valence electrons. The maximum absolute atomic E-state index is 11.6. The third kappa shape index (κ3) is 7.58. The van der Waals surface area contributed by atoms with Crippen molar-refractivity contribution in [3.05, 3.63) is 0 Å². The third-order valence-electron chi connectivity index (χ3n) is 2.47. The molecule has 0 aromatic heterocycles. The number of aliphatic carboxylic acids is 1. The van der Waals surface area contributed by atoms with E-state index in [1.807, 2.05) is 0 Å². The van der Waals surface area contributed by atoms with Gasteiger partial charge < -0.3 is 24.1 Å². The van der Waals surface area contributed by atoms with Gasteiger partial charge in [-0.15, -0.1) is 0 Å². The quantitative estimate of drug-likeness (QED) is 0.553. The Morgan fingerprint density at radius 2 is 1.50 bits per heavy atom. The molecule has 0 saturated carbocycles. The number of esters is 3. The van der Waals surface area contributed by atoms with Crippen LogP contribution in [-0.4, -0.2) is 61.5 Å². The number of hydrogen-bond acceptors (Lipinski definition) is 8. The third-order valence-corrected chi connectivity index (χ3v) is 2.47. The van der Waals surface area contributed by atoms with Crippen LogP contribution in [-0.2, 0) is 38.1 Å². The Balaban J connectivity index is 0.000000980. The highest BCUT2D eigenvalue weighted by molar-refractivity contribution is 5.75. The van der Waals surface area contributed by atoms with E-state index in [1.54, 1.807) is 0 Å². The molecule has 0 amide bonds. The van der Waals surface area contributed by atoms with Crippen molar-refractivity contribution in [2.45, 2.75) is 33.0 Å². The van der Waals surface area contributed by atoms with Gasteiger partial charge in [-0.05, 0) is 0 Å². The van der Waals surface area contributed by atoms with Crippen LogP contribution in [0.3, 0.4) is 0 Å². The molecule has 0 aromatic carbocycles. The minimum Gasteiger partial charge on any atom is -0.481 e. The second kappa shape index (κ2) is 9.72. The SMILES string of the molecule is CC(=O)O.COC(=O)C1COCC(OC(C)=O)C1OC(C)=O. The molecular formula is C13H20O9. The smallest absolute Gasteiger partial charge is 0.314 e. The molecular weight excluding hydrogens is 300 g/mol. The molecule has 22 heavy (non-hydrogen) atoms. The Kier molecular flexibility index (Phi) is 8.76. The maximum Gasteiger partial charge on any atom is 0.314 e. The van der Waals surface area contributed by atoms with Gasteiger partial charge in [0.2, 0.25) is 0 Å². The van der Waals surface area contributed by atoms with E-state index in [9.17, 15) is 14.4 Å². The summed E-state index contributed by atoms with van der Waals surface area (Å²) in [6.45, 7) is 3.66. The summed E-state index contributed by atoms with van der Waals surface area (Å²) in [5.74, 6) is -3.30. The van der Waals surface area contributed by atoms with E-state index in [1.165, 1.54) is 21.0 Å². The summed E-state index contributed by atoms with van der Waals surface area (Å²) in [6, 6.07) is 0. The van der Waals surface area contributed by atoms with Crippen molar-refractivity contribution in [1.29, 1.82) is 0 Å². The Labute approximate surface area is 127 Å². The topological polar surface area (TPSA) is 125 Å². The molecule has 1 heterocycles. The van der Waals surface area contributed by atoms with Crippen molar-refractivity contribution in [2.75, 3.05) is 20.3 Å². The fraction of sp³-hybridized carbons (Fsp3) is 0.692. The van der Waals surface area contributed by atoms with Crippen LogP contribution < -0.4 is 0 Å². The van der Waals surface area contributed by atoms with Crippen molar-refractivity contribution < 1.29 is 43.2 Å². The minimum atomic E-state index is -0.882. The molecule has 1 fully saturated rings. The summed E-state index contributed by atoms with van der Waals surface area (Å²) in [6.07, 6.45) is -1.68. The Hall–Kier alpha value is -2.16. The van der Waals surface area contributed by atoms with Crippen molar-refractivity contribution in [3.63, 3.8) is 0 Å². The number of carbonyl (C=O) groups excluding carboxylic acids is 3. The monoisotopic (exact) mass is 320 g/mol. The number of methoxy groups -OCH3 is 1. The fourth-order valence-electron chi connectivity index (χ4n) is 1.78. The Bertz CT molecular complexity index is 414. The number of carboxylic acids is 1.